The van der Waals surface area contributed by atoms with Crippen molar-refractivity contribution in [3.05, 3.63) is 0 Å². The van der Waals surface area contributed by atoms with Gasteiger partial charge < -0.3 is 4.84 Å². The van der Waals surface area contributed by atoms with Crippen LogP contribution in [0.3, 0.4) is 0 Å². The van der Waals surface area contributed by atoms with Crippen LogP contribution < -0.4 is 0 Å². The van der Waals surface area contributed by atoms with Gasteiger partial charge in [0.2, 0.25) is 0 Å². The molecule has 1 rings (SSSR count). The van der Waals surface area contributed by atoms with Gasteiger partial charge in [-0.05, 0) is 11.7 Å². The Bertz CT molecular complexity index is 375. The number of carbonyl (C=O) groups is 3. The van der Waals surface area contributed by atoms with Crippen molar-refractivity contribution in [2.75, 3.05) is 0 Å². The monoisotopic (exact) mass is 274 g/mol. The second kappa shape index (κ2) is 6.78. The van der Waals surface area contributed by atoms with Crippen LogP contribution in [0.5, 0.6) is 0 Å². The van der Waals surface area contributed by atoms with E-state index < -0.39 is 24.2 Å². The number of hydrogen-bond donors (Lipinski definition) is 0. The van der Waals surface area contributed by atoms with Gasteiger partial charge in [-0.2, -0.15) is 11.8 Å². The van der Waals surface area contributed by atoms with Crippen molar-refractivity contribution >= 4 is 29.5 Å². The predicted octanol–water partition coefficient (Wildman–Crippen LogP) is 1.90. The van der Waals surface area contributed by atoms with E-state index in [9.17, 15) is 14.4 Å². The van der Waals surface area contributed by atoms with E-state index >= 15 is 0 Å². The molecule has 1 heterocycles. The molecule has 1 aliphatic heterocycles. The zero-order chi connectivity index (χ0) is 14.6. The lowest BCUT2D eigenvalue weighted by Crippen LogP contribution is -2.32. The Morgan fingerprint density at radius 1 is 1.44 bits per heavy atom. The first kappa shape index (κ1) is 13.4. The van der Waals surface area contributed by atoms with Gasteiger partial charge in [0.25, 0.3) is 11.8 Å². The number of hydrogen-bond acceptors (Lipinski definition) is 5. The minimum atomic E-state index is -1.14. The Kier molecular flexibility index (Phi) is 5.04. The van der Waals surface area contributed by atoms with Crippen LogP contribution in [-0.4, -0.2) is 33.3 Å². The zero-order valence-corrected chi connectivity index (χ0v) is 11.7. The molecule has 1 fully saturated rings. The van der Waals surface area contributed by atoms with Crippen LogP contribution in [0.4, 0.5) is 0 Å². The molecular weight excluding hydrogens is 254 g/mol. The quantitative estimate of drug-likeness (QED) is 0.692. The Balaban J connectivity index is 2.35. The lowest BCUT2D eigenvalue weighted by Gasteiger charge is -2.15. The minimum Gasteiger partial charge on any atom is -0.330 e. The summed E-state index contributed by atoms with van der Waals surface area (Å²) in [5.41, 5.74) is 0. The SMILES string of the molecule is [2H]C1CC(=O)N(OC(=O)CCC(C)SC(C)C)C1=O. The number of thioether (sulfide) groups is 1. The fourth-order valence-corrected chi connectivity index (χ4v) is 2.74. The summed E-state index contributed by atoms with van der Waals surface area (Å²) < 4.78 is 7.28. The van der Waals surface area contributed by atoms with E-state index in [1.807, 2.05) is 6.92 Å². The van der Waals surface area contributed by atoms with E-state index in [1.54, 1.807) is 11.8 Å². The van der Waals surface area contributed by atoms with E-state index in [0.717, 1.165) is 0 Å². The van der Waals surface area contributed by atoms with Gasteiger partial charge in [-0.15, -0.1) is 5.06 Å². The summed E-state index contributed by atoms with van der Waals surface area (Å²) in [6.07, 6.45) is -0.579. The predicted molar refractivity (Wildman–Crippen MR) is 68.6 cm³/mol. The molecule has 18 heavy (non-hydrogen) atoms. The molecule has 102 valence electrons. The zero-order valence-electron chi connectivity index (χ0n) is 11.8. The molecule has 0 N–H and O–H groups in total. The smallest absolute Gasteiger partial charge is 0.330 e. The molecule has 0 aliphatic carbocycles. The molecule has 0 aromatic carbocycles. The maximum atomic E-state index is 11.5. The topological polar surface area (TPSA) is 63.7 Å². The van der Waals surface area contributed by atoms with Crippen LogP contribution in [0.25, 0.3) is 0 Å². The van der Waals surface area contributed by atoms with Crippen LogP contribution in [0, 0.1) is 0 Å². The highest BCUT2D eigenvalue weighted by Crippen LogP contribution is 2.21. The molecule has 1 aliphatic rings. The average Bonchev–Trinajstić information content (AvgIpc) is 2.52. The standard InChI is InChI=1S/C12H19NO4S/c1-8(2)18-9(3)4-7-12(16)17-13-10(14)5-6-11(13)15/h8-9H,4-7H2,1-3H3/i5D. The molecule has 6 heteroatoms. The van der Waals surface area contributed by atoms with Crippen molar-refractivity contribution in [1.82, 2.24) is 5.06 Å². The van der Waals surface area contributed by atoms with Crippen molar-refractivity contribution in [2.45, 2.75) is 56.9 Å². The molecule has 1 saturated heterocycles. The summed E-state index contributed by atoms with van der Waals surface area (Å²) in [5, 5.41) is 1.22. The van der Waals surface area contributed by atoms with Gasteiger partial charge in [0, 0.05) is 25.9 Å². The van der Waals surface area contributed by atoms with Gasteiger partial charge in [-0.1, -0.05) is 20.8 Å². The molecular formula is C12H19NO4S. The fraction of sp³-hybridized carbons (Fsp3) is 0.750. The molecule has 0 radical (unpaired) electrons. The van der Waals surface area contributed by atoms with E-state index in [4.69, 9.17) is 6.21 Å². The van der Waals surface area contributed by atoms with Crippen molar-refractivity contribution in [2.24, 2.45) is 0 Å². The van der Waals surface area contributed by atoms with E-state index in [2.05, 4.69) is 13.8 Å². The maximum Gasteiger partial charge on any atom is 0.333 e. The van der Waals surface area contributed by atoms with Crippen LogP contribution >= 0.6 is 11.8 Å². The maximum absolute atomic E-state index is 11.5. The van der Waals surface area contributed by atoms with Crippen LogP contribution in [-0.2, 0) is 19.2 Å². The normalized spacial score (nSPS) is 22.3. The summed E-state index contributed by atoms with van der Waals surface area (Å²) in [5.74, 6) is -1.99. The highest BCUT2D eigenvalue weighted by atomic mass is 32.2. The van der Waals surface area contributed by atoms with Gasteiger partial charge in [0.1, 0.15) is 0 Å². The van der Waals surface area contributed by atoms with Crippen LogP contribution in [0.2, 0.25) is 0 Å². The van der Waals surface area contributed by atoms with Gasteiger partial charge in [-0.25, -0.2) is 4.79 Å². The number of hydroxylamine groups is 2. The lowest BCUT2D eigenvalue weighted by atomic mass is 10.2. The average molecular weight is 274 g/mol. The molecule has 0 aromatic heterocycles. The molecule has 0 bridgehead atoms. The summed E-state index contributed by atoms with van der Waals surface area (Å²) in [6.45, 7) is 6.18. The second-order valence-corrected chi connectivity index (χ2v) is 6.45. The molecule has 0 saturated carbocycles. The van der Waals surface area contributed by atoms with Gasteiger partial charge in [0.05, 0.1) is 0 Å². The Labute approximate surface area is 113 Å². The van der Waals surface area contributed by atoms with E-state index in [-0.39, 0.29) is 12.8 Å². The second-order valence-electron chi connectivity index (χ2n) is 4.43. The number of imide groups is 1. The van der Waals surface area contributed by atoms with Crippen molar-refractivity contribution < 1.29 is 20.6 Å². The van der Waals surface area contributed by atoms with Crippen LogP contribution in [0.15, 0.2) is 0 Å². The molecule has 5 nitrogen and oxygen atoms in total. The molecule has 2 atom stereocenters. The first-order valence-corrected chi connectivity index (χ1v) is 6.90. The first-order chi connectivity index (χ1) is 8.81. The minimum absolute atomic E-state index is 0.153. The molecule has 0 aromatic rings. The van der Waals surface area contributed by atoms with Crippen molar-refractivity contribution in [3.63, 3.8) is 0 Å². The van der Waals surface area contributed by atoms with Gasteiger partial charge in [0.15, 0.2) is 0 Å². The Morgan fingerprint density at radius 2 is 2.11 bits per heavy atom. The third-order valence-electron chi connectivity index (χ3n) is 2.33. The first-order valence-electron chi connectivity index (χ1n) is 6.54. The van der Waals surface area contributed by atoms with Crippen molar-refractivity contribution in [3.8, 4) is 0 Å². The van der Waals surface area contributed by atoms with Crippen molar-refractivity contribution in [1.29, 1.82) is 0 Å². The molecule has 2 unspecified atom stereocenters. The summed E-state index contributed by atoms with van der Waals surface area (Å²) >= 11 is 1.76. The number of amides is 2. The highest BCUT2D eigenvalue weighted by Gasteiger charge is 2.32. The lowest BCUT2D eigenvalue weighted by molar-refractivity contribution is -0.197. The van der Waals surface area contributed by atoms with Crippen LogP contribution in [0.1, 0.15) is 47.8 Å². The summed E-state index contributed by atoms with van der Waals surface area (Å²) in [7, 11) is 0. The summed E-state index contributed by atoms with van der Waals surface area (Å²) in [4.78, 5) is 39.0. The van der Waals surface area contributed by atoms with E-state index in [0.29, 0.717) is 22.0 Å². The Hall–Kier alpha value is -1.04. The molecule has 2 amide bonds. The number of nitrogens with zero attached hydrogens (tertiary/aromatic N) is 1. The number of rotatable bonds is 6. The van der Waals surface area contributed by atoms with E-state index in [1.165, 1.54) is 0 Å². The Morgan fingerprint density at radius 3 is 2.61 bits per heavy atom. The fourth-order valence-electron chi connectivity index (χ4n) is 1.56. The third-order valence-corrected chi connectivity index (χ3v) is 3.58. The van der Waals surface area contributed by atoms with Gasteiger partial charge in [-0.3, -0.25) is 9.59 Å². The largest absolute Gasteiger partial charge is 0.333 e. The summed E-state index contributed by atoms with van der Waals surface area (Å²) in [6, 6.07) is 0. The molecule has 0 spiro atoms. The third kappa shape index (κ3) is 4.68. The van der Waals surface area contributed by atoms with Gasteiger partial charge >= 0.3 is 5.97 Å². The number of carbonyl (C=O) groups excluding carboxylic acids is 3. The highest BCUT2D eigenvalue weighted by molar-refractivity contribution is 8.00.